The maximum absolute atomic E-state index is 12.2. The molecule has 1 aromatic heterocycles. The summed E-state index contributed by atoms with van der Waals surface area (Å²) in [5, 5.41) is 11.7. The molecular weight excluding hydrogens is 406 g/mol. The van der Waals surface area contributed by atoms with Gasteiger partial charge < -0.3 is 15.0 Å². The number of amides is 1. The summed E-state index contributed by atoms with van der Waals surface area (Å²) in [5.41, 5.74) is 1.54. The molecule has 0 saturated carbocycles. The van der Waals surface area contributed by atoms with E-state index in [1.54, 1.807) is 6.07 Å². The van der Waals surface area contributed by atoms with E-state index in [0.717, 1.165) is 11.5 Å². The van der Waals surface area contributed by atoms with Gasteiger partial charge in [-0.1, -0.05) is 12.1 Å². The van der Waals surface area contributed by atoms with Gasteiger partial charge in [-0.25, -0.2) is 8.42 Å². The molecule has 9 nitrogen and oxygen atoms in total. The lowest BCUT2D eigenvalue weighted by Crippen LogP contribution is -2.38. The van der Waals surface area contributed by atoms with Crippen molar-refractivity contribution in [3.8, 4) is 0 Å². The predicted molar refractivity (Wildman–Crippen MR) is 113 cm³/mol. The van der Waals surface area contributed by atoms with Crippen molar-refractivity contribution in [2.45, 2.75) is 25.8 Å². The van der Waals surface area contributed by atoms with E-state index in [2.05, 4.69) is 20.4 Å². The SMILES string of the molecule is CCNC(=O)c1cccc(Cn2c(C3CCS(=O)(=O)C3)nnc2N2CCOCC2)c1. The van der Waals surface area contributed by atoms with Crippen LogP contribution in [0.15, 0.2) is 24.3 Å². The number of rotatable bonds is 6. The lowest BCUT2D eigenvalue weighted by atomic mass is 10.1. The quantitative estimate of drug-likeness (QED) is 0.719. The van der Waals surface area contributed by atoms with Crippen molar-refractivity contribution in [1.82, 2.24) is 20.1 Å². The molecule has 2 aromatic rings. The van der Waals surface area contributed by atoms with E-state index in [9.17, 15) is 13.2 Å². The van der Waals surface area contributed by atoms with Crippen molar-refractivity contribution in [3.63, 3.8) is 0 Å². The average Bonchev–Trinajstić information content (AvgIpc) is 3.31. The molecule has 1 atom stereocenters. The molecule has 30 heavy (non-hydrogen) atoms. The molecule has 162 valence electrons. The van der Waals surface area contributed by atoms with Crippen LogP contribution in [0.5, 0.6) is 0 Å². The molecule has 0 spiro atoms. The molecule has 2 saturated heterocycles. The highest BCUT2D eigenvalue weighted by Crippen LogP contribution is 2.30. The number of hydrogen-bond donors (Lipinski definition) is 1. The van der Waals surface area contributed by atoms with Crippen LogP contribution in [0, 0.1) is 0 Å². The smallest absolute Gasteiger partial charge is 0.251 e. The van der Waals surface area contributed by atoms with Crippen molar-refractivity contribution in [2.75, 3.05) is 49.3 Å². The van der Waals surface area contributed by atoms with Gasteiger partial charge >= 0.3 is 0 Å². The van der Waals surface area contributed by atoms with Crippen LogP contribution < -0.4 is 10.2 Å². The number of aromatic nitrogens is 3. The van der Waals surface area contributed by atoms with Crippen LogP contribution in [-0.4, -0.2) is 73.4 Å². The lowest BCUT2D eigenvalue weighted by Gasteiger charge is -2.28. The zero-order chi connectivity index (χ0) is 21.1. The van der Waals surface area contributed by atoms with Crippen LogP contribution in [0.25, 0.3) is 0 Å². The maximum Gasteiger partial charge on any atom is 0.251 e. The number of anilines is 1. The third-order valence-electron chi connectivity index (χ3n) is 5.52. The number of hydrogen-bond acceptors (Lipinski definition) is 7. The third kappa shape index (κ3) is 4.49. The molecule has 4 rings (SSSR count). The Balaban J connectivity index is 1.67. The minimum Gasteiger partial charge on any atom is -0.378 e. The Bertz CT molecular complexity index is 1010. The first-order chi connectivity index (χ1) is 14.5. The average molecular weight is 434 g/mol. The van der Waals surface area contributed by atoms with E-state index in [1.165, 1.54) is 0 Å². The van der Waals surface area contributed by atoms with Gasteiger partial charge in [-0.05, 0) is 31.0 Å². The maximum atomic E-state index is 12.2. The Morgan fingerprint density at radius 2 is 2.07 bits per heavy atom. The number of benzene rings is 1. The van der Waals surface area contributed by atoms with Crippen LogP contribution in [0.4, 0.5) is 5.95 Å². The van der Waals surface area contributed by atoms with Gasteiger partial charge in [0, 0.05) is 31.1 Å². The second-order valence-corrected chi connectivity index (χ2v) is 9.93. The molecule has 3 heterocycles. The highest BCUT2D eigenvalue weighted by Gasteiger charge is 2.34. The van der Waals surface area contributed by atoms with Gasteiger partial charge in [0.2, 0.25) is 5.95 Å². The summed E-state index contributed by atoms with van der Waals surface area (Å²) in [5.74, 6) is 1.43. The zero-order valence-electron chi connectivity index (χ0n) is 17.1. The van der Waals surface area contributed by atoms with Crippen LogP contribution in [-0.2, 0) is 21.1 Å². The Hall–Kier alpha value is -2.46. The summed E-state index contributed by atoms with van der Waals surface area (Å²) >= 11 is 0. The van der Waals surface area contributed by atoms with E-state index < -0.39 is 9.84 Å². The second kappa shape index (κ2) is 8.73. The Morgan fingerprint density at radius 3 is 2.77 bits per heavy atom. The largest absolute Gasteiger partial charge is 0.378 e. The number of sulfone groups is 1. The summed E-state index contributed by atoms with van der Waals surface area (Å²) in [6.45, 7) is 5.57. The molecule has 1 N–H and O–H groups in total. The number of nitrogens with one attached hydrogen (secondary N) is 1. The first-order valence-electron chi connectivity index (χ1n) is 10.3. The molecule has 2 aliphatic rings. The Kier molecular flexibility index (Phi) is 6.05. The minimum absolute atomic E-state index is 0.104. The third-order valence-corrected chi connectivity index (χ3v) is 7.29. The van der Waals surface area contributed by atoms with Gasteiger partial charge in [-0.3, -0.25) is 9.36 Å². The standard InChI is InChI=1S/C20H27N5O4S/c1-2-21-19(26)16-5-3-4-15(12-16)13-25-18(17-6-11-30(27,28)14-17)22-23-20(25)24-7-9-29-10-8-24/h3-5,12,17H,2,6-11,13-14H2,1H3,(H,21,26). The molecule has 2 aliphatic heterocycles. The fraction of sp³-hybridized carbons (Fsp3) is 0.550. The molecular formula is C20H27N5O4S. The van der Waals surface area contributed by atoms with Crippen LogP contribution in [0.3, 0.4) is 0 Å². The highest BCUT2D eigenvalue weighted by molar-refractivity contribution is 7.91. The first-order valence-corrected chi connectivity index (χ1v) is 12.1. The Morgan fingerprint density at radius 1 is 1.27 bits per heavy atom. The number of ether oxygens (including phenoxy) is 1. The van der Waals surface area contributed by atoms with Crippen molar-refractivity contribution < 1.29 is 17.9 Å². The summed E-state index contributed by atoms with van der Waals surface area (Å²) in [4.78, 5) is 14.4. The molecule has 1 unspecified atom stereocenters. The highest BCUT2D eigenvalue weighted by atomic mass is 32.2. The van der Waals surface area contributed by atoms with Crippen molar-refractivity contribution >= 4 is 21.7 Å². The summed E-state index contributed by atoms with van der Waals surface area (Å²) in [7, 11) is -3.04. The van der Waals surface area contributed by atoms with Crippen LogP contribution in [0.2, 0.25) is 0 Å². The van der Waals surface area contributed by atoms with Gasteiger partial charge in [0.1, 0.15) is 5.82 Å². The molecule has 2 fully saturated rings. The molecule has 0 aliphatic carbocycles. The number of morpholine rings is 1. The summed E-state index contributed by atoms with van der Waals surface area (Å²) in [6, 6.07) is 7.47. The van der Waals surface area contributed by atoms with Gasteiger partial charge in [-0.2, -0.15) is 0 Å². The first kappa shape index (κ1) is 20.8. The van der Waals surface area contributed by atoms with Gasteiger partial charge in [0.25, 0.3) is 5.91 Å². The topological polar surface area (TPSA) is 106 Å². The van der Waals surface area contributed by atoms with Crippen molar-refractivity contribution in [2.24, 2.45) is 0 Å². The lowest BCUT2D eigenvalue weighted by molar-refractivity contribution is 0.0955. The van der Waals surface area contributed by atoms with E-state index in [4.69, 9.17) is 4.74 Å². The van der Waals surface area contributed by atoms with E-state index in [-0.39, 0.29) is 23.3 Å². The van der Waals surface area contributed by atoms with Gasteiger partial charge in [0.05, 0.1) is 31.3 Å². The summed E-state index contributed by atoms with van der Waals surface area (Å²) < 4.78 is 31.6. The van der Waals surface area contributed by atoms with E-state index in [0.29, 0.717) is 57.2 Å². The predicted octanol–water partition coefficient (Wildman–Crippen LogP) is 0.815. The van der Waals surface area contributed by atoms with Crippen molar-refractivity contribution in [1.29, 1.82) is 0 Å². The van der Waals surface area contributed by atoms with E-state index >= 15 is 0 Å². The molecule has 1 amide bonds. The molecule has 10 heteroatoms. The van der Waals surface area contributed by atoms with Gasteiger partial charge in [-0.15, -0.1) is 10.2 Å². The number of carbonyl (C=O) groups is 1. The molecule has 0 radical (unpaired) electrons. The van der Waals surface area contributed by atoms with Crippen LogP contribution in [0.1, 0.15) is 41.0 Å². The van der Waals surface area contributed by atoms with E-state index in [1.807, 2.05) is 29.7 Å². The second-order valence-electron chi connectivity index (χ2n) is 7.70. The Labute approximate surface area is 176 Å². The molecule has 0 bridgehead atoms. The number of nitrogens with zero attached hydrogens (tertiary/aromatic N) is 4. The van der Waals surface area contributed by atoms with Gasteiger partial charge in [0.15, 0.2) is 9.84 Å². The minimum atomic E-state index is -3.04. The monoisotopic (exact) mass is 433 g/mol. The zero-order valence-corrected chi connectivity index (χ0v) is 17.9. The molecule has 1 aromatic carbocycles. The fourth-order valence-corrected chi connectivity index (χ4v) is 5.75. The fourth-order valence-electron chi connectivity index (χ4n) is 4.01. The normalized spacial score (nSPS) is 21.0. The van der Waals surface area contributed by atoms with Crippen molar-refractivity contribution in [3.05, 3.63) is 41.2 Å². The number of carbonyl (C=O) groups excluding carboxylic acids is 1. The van der Waals surface area contributed by atoms with Crippen LogP contribution >= 0.6 is 0 Å². The summed E-state index contributed by atoms with van der Waals surface area (Å²) in [6.07, 6.45) is 0.558.